The number of nitrogens with zero attached hydrogens (tertiary/aromatic N) is 3. The summed E-state index contributed by atoms with van der Waals surface area (Å²) in [6.45, 7) is 0.215. The van der Waals surface area contributed by atoms with Gasteiger partial charge in [0.05, 0.1) is 24.3 Å². The molecule has 13 heteroatoms. The van der Waals surface area contributed by atoms with Gasteiger partial charge in [-0.1, -0.05) is 28.1 Å². The maximum absolute atomic E-state index is 14.8. The molecule has 3 aromatic rings. The second-order valence-corrected chi connectivity index (χ2v) is 10.7. The number of benzene rings is 1. The van der Waals surface area contributed by atoms with Crippen LogP contribution in [0.2, 0.25) is 0 Å². The molecule has 0 radical (unpaired) electrons. The number of carbonyl (C=O) groups is 1. The molecule has 4 atom stereocenters. The maximum atomic E-state index is 14.8. The van der Waals surface area contributed by atoms with E-state index in [1.165, 1.54) is 12.5 Å². The van der Waals surface area contributed by atoms with E-state index in [-0.39, 0.29) is 23.6 Å². The van der Waals surface area contributed by atoms with Gasteiger partial charge in [-0.2, -0.15) is 8.42 Å². The van der Waals surface area contributed by atoms with Gasteiger partial charge < -0.3 is 15.0 Å². The number of aliphatic hydroxyl groups excluding tert-OH is 1. The van der Waals surface area contributed by atoms with Crippen molar-refractivity contribution in [1.29, 1.82) is 0 Å². The third-order valence-corrected chi connectivity index (χ3v) is 6.99. The Kier molecular flexibility index (Phi) is 8.15. The fraction of sp³-hybridized carbons (Fsp3) is 0.348. The quantitative estimate of drug-likeness (QED) is 0.308. The fourth-order valence-electron chi connectivity index (χ4n) is 4.19. The largest absolute Gasteiger partial charge is 0.390 e. The molecule has 1 aliphatic carbocycles. The zero-order valence-corrected chi connectivity index (χ0v) is 21.4. The number of carbonyl (C=O) groups excluding carboxylic acids is 1. The first-order chi connectivity index (χ1) is 17.1. The van der Waals surface area contributed by atoms with Crippen LogP contribution in [-0.4, -0.2) is 58.8 Å². The molecule has 0 aliphatic heterocycles. The summed E-state index contributed by atoms with van der Waals surface area (Å²) in [5.74, 6) is -1.04. The molecule has 4 rings (SSSR count). The van der Waals surface area contributed by atoms with E-state index in [1.54, 1.807) is 12.3 Å². The SMILES string of the molecule is NS(=O)(=O)OC[C@H]1C[C@@H](Nc2ncncc2C(=O)c2ccn(CCc3cccc(Br)c3)c2)[C@@H](F)[C@@H]1O. The van der Waals surface area contributed by atoms with Crippen molar-refractivity contribution in [3.63, 3.8) is 0 Å². The number of rotatable bonds is 10. The predicted molar refractivity (Wildman–Crippen MR) is 133 cm³/mol. The lowest BCUT2D eigenvalue weighted by atomic mass is 10.1. The molecule has 1 fully saturated rings. The van der Waals surface area contributed by atoms with Crippen LogP contribution in [0.3, 0.4) is 0 Å². The Morgan fingerprint density at radius 2 is 2.17 bits per heavy atom. The van der Waals surface area contributed by atoms with Crippen molar-refractivity contribution in [2.75, 3.05) is 11.9 Å². The van der Waals surface area contributed by atoms with Crippen molar-refractivity contribution < 1.29 is 26.9 Å². The third-order valence-electron chi connectivity index (χ3n) is 6.04. The molecule has 2 heterocycles. The number of hydrogen-bond donors (Lipinski definition) is 3. The van der Waals surface area contributed by atoms with E-state index in [2.05, 4.69) is 35.4 Å². The third kappa shape index (κ3) is 6.53. The smallest absolute Gasteiger partial charge is 0.333 e. The molecule has 36 heavy (non-hydrogen) atoms. The molecule has 192 valence electrons. The van der Waals surface area contributed by atoms with Crippen LogP contribution in [0, 0.1) is 5.92 Å². The van der Waals surface area contributed by atoms with E-state index in [0.29, 0.717) is 12.1 Å². The Bertz CT molecular complexity index is 1340. The minimum absolute atomic E-state index is 0.0431. The zero-order valence-electron chi connectivity index (χ0n) is 19.0. The number of nitrogens with one attached hydrogen (secondary N) is 1. The van der Waals surface area contributed by atoms with Gasteiger partial charge in [0, 0.05) is 41.1 Å². The first-order valence-electron chi connectivity index (χ1n) is 11.1. The number of aromatic nitrogens is 3. The van der Waals surface area contributed by atoms with Gasteiger partial charge >= 0.3 is 10.3 Å². The van der Waals surface area contributed by atoms with E-state index in [0.717, 1.165) is 16.5 Å². The summed E-state index contributed by atoms with van der Waals surface area (Å²) < 4.78 is 44.3. The average molecular weight is 582 g/mol. The molecule has 4 N–H and O–H groups in total. The minimum atomic E-state index is -4.22. The second-order valence-electron chi connectivity index (χ2n) is 8.59. The lowest BCUT2D eigenvalue weighted by molar-refractivity contribution is 0.0501. The summed E-state index contributed by atoms with van der Waals surface area (Å²) in [4.78, 5) is 21.2. The molecule has 1 aromatic carbocycles. The van der Waals surface area contributed by atoms with Gasteiger partial charge in [0.25, 0.3) is 0 Å². The van der Waals surface area contributed by atoms with E-state index >= 15 is 0 Å². The summed E-state index contributed by atoms with van der Waals surface area (Å²) in [6, 6.07) is 8.76. The Labute approximate surface area is 216 Å². The first-order valence-corrected chi connectivity index (χ1v) is 13.4. The molecule has 0 bridgehead atoms. The molecule has 10 nitrogen and oxygen atoms in total. The Morgan fingerprint density at radius 1 is 1.36 bits per heavy atom. The van der Waals surface area contributed by atoms with Crippen LogP contribution in [0.4, 0.5) is 10.2 Å². The molecule has 1 saturated carbocycles. The number of anilines is 1. The molecular weight excluding hydrogens is 557 g/mol. The van der Waals surface area contributed by atoms with Crippen molar-refractivity contribution in [3.8, 4) is 0 Å². The van der Waals surface area contributed by atoms with Gasteiger partial charge in [-0.15, -0.1) is 0 Å². The highest BCUT2D eigenvalue weighted by Gasteiger charge is 2.44. The van der Waals surface area contributed by atoms with Crippen LogP contribution in [0.5, 0.6) is 0 Å². The molecule has 2 aromatic heterocycles. The lowest BCUT2D eigenvalue weighted by Crippen LogP contribution is -2.33. The highest BCUT2D eigenvalue weighted by Crippen LogP contribution is 2.32. The van der Waals surface area contributed by atoms with Crippen LogP contribution in [0.25, 0.3) is 0 Å². The summed E-state index contributed by atoms with van der Waals surface area (Å²) >= 11 is 3.46. The summed E-state index contributed by atoms with van der Waals surface area (Å²) in [7, 11) is -4.22. The van der Waals surface area contributed by atoms with Crippen LogP contribution in [-0.2, 0) is 27.5 Å². The van der Waals surface area contributed by atoms with Crippen LogP contribution >= 0.6 is 15.9 Å². The second kappa shape index (κ2) is 11.1. The van der Waals surface area contributed by atoms with Gasteiger partial charge in [0.2, 0.25) is 0 Å². The van der Waals surface area contributed by atoms with Gasteiger partial charge in [-0.3, -0.25) is 8.98 Å². The Morgan fingerprint density at radius 3 is 2.92 bits per heavy atom. The Hall–Kier alpha value is -2.71. The summed E-state index contributed by atoms with van der Waals surface area (Å²) in [6.07, 6.45) is 3.72. The fourth-order valence-corrected chi connectivity index (χ4v) is 5.00. The Balaban J connectivity index is 1.43. The zero-order chi connectivity index (χ0) is 25.9. The maximum Gasteiger partial charge on any atom is 0.333 e. The number of aryl methyl sites for hydroxylation is 2. The van der Waals surface area contributed by atoms with Crippen LogP contribution in [0.15, 0.2) is 59.7 Å². The number of halogens is 2. The van der Waals surface area contributed by atoms with Crippen LogP contribution in [0.1, 0.15) is 27.9 Å². The number of ketones is 1. The van der Waals surface area contributed by atoms with E-state index < -0.39 is 41.1 Å². The van der Waals surface area contributed by atoms with Crippen molar-refractivity contribution >= 4 is 37.8 Å². The molecule has 0 spiro atoms. The number of aliphatic hydroxyl groups is 1. The predicted octanol–water partition coefficient (Wildman–Crippen LogP) is 2.23. The topological polar surface area (TPSA) is 149 Å². The molecular formula is C23H25BrFN5O5S. The summed E-state index contributed by atoms with van der Waals surface area (Å²) in [5, 5.41) is 17.9. The first kappa shape index (κ1) is 26.4. The van der Waals surface area contributed by atoms with Crippen LogP contribution < -0.4 is 10.5 Å². The number of nitrogens with two attached hydrogens (primary N) is 1. The minimum Gasteiger partial charge on any atom is -0.390 e. The van der Waals surface area contributed by atoms with Crippen molar-refractivity contribution in [2.45, 2.75) is 37.7 Å². The van der Waals surface area contributed by atoms with E-state index in [4.69, 9.17) is 5.14 Å². The molecule has 0 saturated heterocycles. The number of hydrogen-bond acceptors (Lipinski definition) is 8. The van der Waals surface area contributed by atoms with Gasteiger partial charge in [0.1, 0.15) is 18.3 Å². The lowest BCUT2D eigenvalue weighted by Gasteiger charge is -2.18. The highest BCUT2D eigenvalue weighted by atomic mass is 79.9. The van der Waals surface area contributed by atoms with Crippen molar-refractivity contribution in [2.24, 2.45) is 11.1 Å². The van der Waals surface area contributed by atoms with Gasteiger partial charge in [0.15, 0.2) is 5.78 Å². The highest BCUT2D eigenvalue weighted by molar-refractivity contribution is 9.10. The van der Waals surface area contributed by atoms with Gasteiger partial charge in [-0.25, -0.2) is 19.5 Å². The molecule has 0 unspecified atom stereocenters. The van der Waals surface area contributed by atoms with E-state index in [9.17, 15) is 22.7 Å². The van der Waals surface area contributed by atoms with Gasteiger partial charge in [-0.05, 0) is 36.6 Å². The average Bonchev–Trinajstić information content (AvgIpc) is 3.41. The monoisotopic (exact) mass is 581 g/mol. The molecule has 1 aliphatic rings. The van der Waals surface area contributed by atoms with Crippen molar-refractivity contribution in [3.05, 3.63) is 76.4 Å². The number of alkyl halides is 1. The summed E-state index contributed by atoms with van der Waals surface area (Å²) in [5.41, 5.74) is 1.72. The normalized spacial score (nSPS) is 22.0. The molecule has 0 amide bonds. The standard InChI is InChI=1S/C23H25BrFN5O5S/c24-17-3-1-2-14(8-17)4-6-30-7-5-15(11-30)21(31)18-10-27-13-28-23(18)29-19-9-16(22(32)20(19)25)12-35-36(26,33)34/h1-3,5,7-8,10-11,13,16,19-20,22,32H,4,6,9,12H2,(H2,26,33,34)(H,27,28,29)/t16-,19-,20-,22-/m1/s1. The van der Waals surface area contributed by atoms with E-state index in [1.807, 2.05) is 35.0 Å². The van der Waals surface area contributed by atoms with Crippen molar-refractivity contribution in [1.82, 2.24) is 14.5 Å².